The van der Waals surface area contributed by atoms with Gasteiger partial charge in [0.25, 0.3) is 6.47 Å². The molecule has 0 aromatic carbocycles. The van der Waals surface area contributed by atoms with Crippen molar-refractivity contribution in [3.05, 3.63) is 23.7 Å². The summed E-state index contributed by atoms with van der Waals surface area (Å²) in [4.78, 5) is 20.2. The van der Waals surface area contributed by atoms with Crippen LogP contribution in [0.1, 0.15) is 37.2 Å². The summed E-state index contributed by atoms with van der Waals surface area (Å²) in [5.74, 6) is 0.707. The molecule has 0 atom stereocenters. The van der Waals surface area contributed by atoms with Crippen LogP contribution in [0.5, 0.6) is 0 Å². The topological polar surface area (TPSA) is 76.7 Å². The Kier molecular flexibility index (Phi) is 5.85. The molecule has 17 heavy (non-hydrogen) atoms. The van der Waals surface area contributed by atoms with Gasteiger partial charge in [0.2, 0.25) is 0 Å². The average Bonchev–Trinajstić information content (AvgIpc) is 2.73. The Morgan fingerprint density at radius 3 is 2.76 bits per heavy atom. The van der Waals surface area contributed by atoms with Gasteiger partial charge in [-0.05, 0) is 25.0 Å². The maximum atomic E-state index is 10.3. The summed E-state index contributed by atoms with van der Waals surface area (Å²) in [5.41, 5.74) is 0. The van der Waals surface area contributed by atoms with Gasteiger partial charge in [-0.3, -0.25) is 9.59 Å². The van der Waals surface area contributed by atoms with Gasteiger partial charge in [-0.2, -0.15) is 0 Å². The fourth-order valence-electron chi connectivity index (χ4n) is 1.50. The van der Waals surface area contributed by atoms with Crippen LogP contribution in [-0.2, 0) is 27.4 Å². The van der Waals surface area contributed by atoms with Crippen molar-refractivity contribution in [3.8, 4) is 0 Å². The van der Waals surface area contributed by atoms with E-state index in [4.69, 9.17) is 9.52 Å². The molecule has 1 aromatic heterocycles. The van der Waals surface area contributed by atoms with E-state index in [9.17, 15) is 9.59 Å². The Morgan fingerprint density at radius 2 is 2.06 bits per heavy atom. The Bertz CT molecular complexity index is 356. The molecule has 0 saturated heterocycles. The van der Waals surface area contributed by atoms with Crippen LogP contribution in [0.25, 0.3) is 0 Å². The van der Waals surface area contributed by atoms with Gasteiger partial charge in [0, 0.05) is 12.8 Å². The van der Waals surface area contributed by atoms with Crippen LogP contribution in [0, 0.1) is 0 Å². The Morgan fingerprint density at radius 1 is 1.29 bits per heavy atom. The van der Waals surface area contributed by atoms with Crippen molar-refractivity contribution in [3.63, 3.8) is 0 Å². The molecule has 0 unspecified atom stereocenters. The van der Waals surface area contributed by atoms with E-state index in [1.54, 1.807) is 6.07 Å². The largest absolute Gasteiger partial charge is 0.481 e. The number of hydrogen-bond acceptors (Lipinski definition) is 4. The van der Waals surface area contributed by atoms with Gasteiger partial charge in [0.1, 0.15) is 18.1 Å². The first-order chi connectivity index (χ1) is 8.22. The van der Waals surface area contributed by atoms with Gasteiger partial charge < -0.3 is 14.3 Å². The summed E-state index contributed by atoms with van der Waals surface area (Å²) in [5, 5.41) is 8.45. The Hall–Kier alpha value is -1.78. The first kappa shape index (κ1) is 13.3. The van der Waals surface area contributed by atoms with E-state index in [0.717, 1.165) is 25.0 Å². The molecular formula is C12H16O5. The first-order valence-corrected chi connectivity index (χ1v) is 5.57. The molecule has 0 saturated carbocycles. The van der Waals surface area contributed by atoms with Gasteiger partial charge in [0.05, 0.1) is 0 Å². The molecule has 5 nitrogen and oxygen atoms in total. The summed E-state index contributed by atoms with van der Waals surface area (Å²) in [6.45, 7) is 0.538. The molecule has 1 N–H and O–H groups in total. The fourth-order valence-corrected chi connectivity index (χ4v) is 1.50. The first-order valence-electron chi connectivity index (χ1n) is 5.57. The van der Waals surface area contributed by atoms with Gasteiger partial charge in [-0.25, -0.2) is 0 Å². The van der Waals surface area contributed by atoms with Gasteiger partial charge in [-0.15, -0.1) is 0 Å². The minimum absolute atomic E-state index is 0.155. The zero-order valence-corrected chi connectivity index (χ0v) is 9.55. The van der Waals surface area contributed by atoms with Gasteiger partial charge in [0.15, 0.2) is 0 Å². The number of rotatable bonds is 9. The minimum atomic E-state index is -0.753. The predicted octanol–water partition coefficient (Wildman–Crippen LogP) is 2.14. The SMILES string of the molecule is O=COCc1ccc(CCCCCC(=O)O)o1. The smallest absolute Gasteiger partial charge is 0.303 e. The van der Waals surface area contributed by atoms with Crippen molar-refractivity contribution < 1.29 is 23.8 Å². The molecular weight excluding hydrogens is 224 g/mol. The van der Waals surface area contributed by atoms with Gasteiger partial charge >= 0.3 is 5.97 Å². The van der Waals surface area contributed by atoms with E-state index >= 15 is 0 Å². The van der Waals surface area contributed by atoms with Crippen LogP contribution >= 0.6 is 0 Å². The van der Waals surface area contributed by atoms with Crippen LogP contribution in [0.15, 0.2) is 16.5 Å². The normalized spacial score (nSPS) is 10.1. The highest BCUT2D eigenvalue weighted by Crippen LogP contribution is 2.12. The second kappa shape index (κ2) is 7.49. The quantitative estimate of drug-likeness (QED) is 0.528. The number of carbonyl (C=O) groups is 2. The number of ether oxygens (including phenoxy) is 1. The molecule has 94 valence electrons. The standard InChI is InChI=1S/C12H16O5/c13-9-16-8-11-7-6-10(17-11)4-2-1-3-5-12(14)15/h6-7,9H,1-5,8H2,(H,14,15). The number of furan rings is 1. The maximum absolute atomic E-state index is 10.3. The van der Waals surface area contributed by atoms with E-state index in [-0.39, 0.29) is 13.0 Å². The highest BCUT2D eigenvalue weighted by Gasteiger charge is 2.03. The lowest BCUT2D eigenvalue weighted by atomic mass is 10.1. The molecule has 5 heteroatoms. The van der Waals surface area contributed by atoms with Crippen molar-refractivity contribution in [1.29, 1.82) is 0 Å². The molecule has 0 aliphatic carbocycles. The Balaban J connectivity index is 2.16. The third-order valence-electron chi connectivity index (χ3n) is 2.32. The van der Waals surface area contributed by atoms with Crippen molar-refractivity contribution in [2.45, 2.75) is 38.7 Å². The van der Waals surface area contributed by atoms with Crippen LogP contribution in [0.2, 0.25) is 0 Å². The molecule has 0 bridgehead atoms. The third-order valence-corrected chi connectivity index (χ3v) is 2.32. The second-order valence-corrected chi connectivity index (χ2v) is 3.73. The van der Waals surface area contributed by atoms with E-state index < -0.39 is 5.97 Å². The van der Waals surface area contributed by atoms with Crippen LogP contribution in [0.3, 0.4) is 0 Å². The molecule has 0 fully saturated rings. The number of carboxylic acid groups (broad SMARTS) is 1. The van der Waals surface area contributed by atoms with Crippen LogP contribution in [-0.4, -0.2) is 17.5 Å². The summed E-state index contributed by atoms with van der Waals surface area (Å²) in [6.07, 6.45) is 3.45. The molecule has 0 aliphatic heterocycles. The highest BCUT2D eigenvalue weighted by molar-refractivity contribution is 5.66. The molecule has 1 heterocycles. The lowest BCUT2D eigenvalue weighted by Gasteiger charge is -1.98. The number of aryl methyl sites for hydroxylation is 1. The molecule has 0 aliphatic rings. The molecule has 0 spiro atoms. The van der Waals surface area contributed by atoms with Crippen LogP contribution in [0.4, 0.5) is 0 Å². The summed E-state index contributed by atoms with van der Waals surface area (Å²) in [7, 11) is 0. The number of aliphatic carboxylic acids is 1. The number of carbonyl (C=O) groups excluding carboxylic acids is 1. The highest BCUT2D eigenvalue weighted by atomic mass is 16.5. The summed E-state index contributed by atoms with van der Waals surface area (Å²) >= 11 is 0. The lowest BCUT2D eigenvalue weighted by molar-refractivity contribution is -0.137. The monoisotopic (exact) mass is 240 g/mol. The predicted molar refractivity (Wildman–Crippen MR) is 59.4 cm³/mol. The zero-order valence-electron chi connectivity index (χ0n) is 9.55. The van der Waals surface area contributed by atoms with E-state index in [1.807, 2.05) is 6.07 Å². The number of hydrogen-bond donors (Lipinski definition) is 1. The number of unbranched alkanes of at least 4 members (excludes halogenated alkanes) is 2. The molecule has 0 amide bonds. The lowest BCUT2D eigenvalue weighted by Crippen LogP contribution is -1.94. The van der Waals surface area contributed by atoms with E-state index in [0.29, 0.717) is 18.7 Å². The zero-order chi connectivity index (χ0) is 12.5. The molecule has 1 rings (SSSR count). The summed E-state index contributed by atoms with van der Waals surface area (Å²) in [6, 6.07) is 3.62. The van der Waals surface area contributed by atoms with Crippen molar-refractivity contribution >= 4 is 12.4 Å². The van der Waals surface area contributed by atoms with Crippen molar-refractivity contribution in [2.24, 2.45) is 0 Å². The third kappa shape index (κ3) is 5.75. The van der Waals surface area contributed by atoms with Crippen molar-refractivity contribution in [1.82, 2.24) is 0 Å². The number of carboxylic acids is 1. The Labute approximate surface area is 99.4 Å². The second-order valence-electron chi connectivity index (χ2n) is 3.73. The average molecular weight is 240 g/mol. The van der Waals surface area contributed by atoms with E-state index in [2.05, 4.69) is 4.74 Å². The fraction of sp³-hybridized carbons (Fsp3) is 0.500. The summed E-state index contributed by atoms with van der Waals surface area (Å²) < 4.78 is 9.98. The van der Waals surface area contributed by atoms with Crippen LogP contribution < -0.4 is 0 Å². The van der Waals surface area contributed by atoms with E-state index in [1.165, 1.54) is 0 Å². The molecule has 1 aromatic rings. The minimum Gasteiger partial charge on any atom is -0.481 e. The molecule has 0 radical (unpaired) electrons. The van der Waals surface area contributed by atoms with Gasteiger partial charge in [-0.1, -0.05) is 6.42 Å². The maximum Gasteiger partial charge on any atom is 0.303 e. The van der Waals surface area contributed by atoms with Crippen molar-refractivity contribution in [2.75, 3.05) is 0 Å².